The van der Waals surface area contributed by atoms with E-state index in [-0.39, 0.29) is 0 Å². The molecule has 1 aromatic carbocycles. The van der Waals surface area contributed by atoms with Crippen molar-refractivity contribution in [2.75, 3.05) is 12.0 Å². The Morgan fingerprint density at radius 1 is 1.27 bits per heavy atom. The molecule has 4 heteroatoms. The van der Waals surface area contributed by atoms with Crippen LogP contribution in [0.4, 0.5) is 5.82 Å². The van der Waals surface area contributed by atoms with Gasteiger partial charge in [0.25, 0.3) is 0 Å². The molecule has 0 aliphatic rings. The molecule has 0 bridgehead atoms. The van der Waals surface area contributed by atoms with E-state index in [1.807, 2.05) is 6.92 Å². The van der Waals surface area contributed by atoms with Crippen molar-refractivity contribution in [3.8, 4) is 11.1 Å². The molecule has 0 radical (unpaired) electrons. The highest BCUT2D eigenvalue weighted by atomic mass is 32.2. The lowest BCUT2D eigenvalue weighted by molar-refractivity contribution is 1.05. The van der Waals surface area contributed by atoms with Crippen LogP contribution in [0.15, 0.2) is 29.2 Å². The molecular formula is C11H13N3S. The van der Waals surface area contributed by atoms with Gasteiger partial charge in [-0.2, -0.15) is 5.10 Å². The van der Waals surface area contributed by atoms with E-state index in [1.165, 1.54) is 4.90 Å². The summed E-state index contributed by atoms with van der Waals surface area (Å²) in [6.07, 6.45) is 2.06. The fourth-order valence-corrected chi connectivity index (χ4v) is 1.98. The Morgan fingerprint density at radius 2 is 1.93 bits per heavy atom. The molecule has 3 N–H and O–H groups in total. The Balaban J connectivity index is 2.45. The monoisotopic (exact) mass is 219 g/mol. The third-order valence-corrected chi connectivity index (χ3v) is 3.10. The Morgan fingerprint density at radius 3 is 2.40 bits per heavy atom. The number of rotatable bonds is 2. The molecule has 0 saturated heterocycles. The number of aryl methyl sites for hydroxylation is 1. The quantitative estimate of drug-likeness (QED) is 0.763. The Hall–Kier alpha value is -1.42. The van der Waals surface area contributed by atoms with Gasteiger partial charge in [-0.1, -0.05) is 12.1 Å². The summed E-state index contributed by atoms with van der Waals surface area (Å²) in [4.78, 5) is 1.25. The number of anilines is 1. The molecule has 1 heterocycles. The summed E-state index contributed by atoms with van der Waals surface area (Å²) in [5.74, 6) is 0.560. The van der Waals surface area contributed by atoms with Crippen molar-refractivity contribution in [3.63, 3.8) is 0 Å². The summed E-state index contributed by atoms with van der Waals surface area (Å²) in [5.41, 5.74) is 8.91. The van der Waals surface area contributed by atoms with Crippen molar-refractivity contribution >= 4 is 17.6 Å². The minimum atomic E-state index is 0.560. The number of H-pyrrole nitrogens is 1. The Bertz CT molecular complexity index is 440. The van der Waals surface area contributed by atoms with Crippen LogP contribution in [0.3, 0.4) is 0 Å². The van der Waals surface area contributed by atoms with Crippen molar-refractivity contribution in [1.82, 2.24) is 10.2 Å². The van der Waals surface area contributed by atoms with Crippen molar-refractivity contribution in [2.45, 2.75) is 11.8 Å². The fourth-order valence-electron chi connectivity index (χ4n) is 1.57. The number of nitrogens with zero attached hydrogens (tertiary/aromatic N) is 1. The molecule has 15 heavy (non-hydrogen) atoms. The maximum Gasteiger partial charge on any atom is 0.153 e. The first kappa shape index (κ1) is 10.1. The second kappa shape index (κ2) is 3.98. The van der Waals surface area contributed by atoms with Crippen LogP contribution in [0.1, 0.15) is 5.69 Å². The number of aromatic nitrogens is 2. The fraction of sp³-hybridized carbons (Fsp3) is 0.182. The third kappa shape index (κ3) is 1.85. The molecule has 0 saturated carbocycles. The molecule has 0 aliphatic heterocycles. The van der Waals surface area contributed by atoms with Crippen LogP contribution in [0, 0.1) is 6.92 Å². The van der Waals surface area contributed by atoms with Gasteiger partial charge in [-0.05, 0) is 30.9 Å². The van der Waals surface area contributed by atoms with E-state index in [0.29, 0.717) is 5.82 Å². The van der Waals surface area contributed by atoms with Crippen molar-refractivity contribution in [1.29, 1.82) is 0 Å². The van der Waals surface area contributed by atoms with E-state index in [4.69, 9.17) is 5.73 Å². The number of benzene rings is 1. The van der Waals surface area contributed by atoms with Gasteiger partial charge in [-0.15, -0.1) is 11.8 Å². The maximum absolute atomic E-state index is 5.80. The lowest BCUT2D eigenvalue weighted by Gasteiger charge is -2.02. The van der Waals surface area contributed by atoms with Crippen LogP contribution in [0.2, 0.25) is 0 Å². The topological polar surface area (TPSA) is 54.7 Å². The predicted molar refractivity (Wildman–Crippen MR) is 65.0 cm³/mol. The van der Waals surface area contributed by atoms with Gasteiger partial charge in [-0.3, -0.25) is 5.10 Å². The van der Waals surface area contributed by atoms with Gasteiger partial charge in [0.1, 0.15) is 0 Å². The molecule has 0 fully saturated rings. The summed E-state index contributed by atoms with van der Waals surface area (Å²) in [5, 5.41) is 6.87. The van der Waals surface area contributed by atoms with Crippen LogP contribution < -0.4 is 5.73 Å². The average molecular weight is 219 g/mol. The largest absolute Gasteiger partial charge is 0.382 e. The van der Waals surface area contributed by atoms with Gasteiger partial charge in [0, 0.05) is 16.2 Å². The number of aromatic amines is 1. The van der Waals surface area contributed by atoms with Crippen LogP contribution in [-0.2, 0) is 0 Å². The highest BCUT2D eigenvalue weighted by Crippen LogP contribution is 2.28. The van der Waals surface area contributed by atoms with Gasteiger partial charge in [0.15, 0.2) is 5.82 Å². The zero-order valence-corrected chi connectivity index (χ0v) is 9.56. The Kier molecular flexibility index (Phi) is 2.68. The minimum absolute atomic E-state index is 0.560. The van der Waals surface area contributed by atoms with Crippen LogP contribution in [-0.4, -0.2) is 16.5 Å². The second-order valence-corrected chi connectivity index (χ2v) is 4.22. The Labute approximate surface area is 93.1 Å². The van der Waals surface area contributed by atoms with Crippen molar-refractivity contribution < 1.29 is 0 Å². The first-order valence-electron chi connectivity index (χ1n) is 4.67. The van der Waals surface area contributed by atoms with Crippen molar-refractivity contribution in [2.24, 2.45) is 0 Å². The number of thioether (sulfide) groups is 1. The molecule has 0 aliphatic carbocycles. The number of hydrogen-bond donors (Lipinski definition) is 2. The van der Waals surface area contributed by atoms with Gasteiger partial charge in [-0.25, -0.2) is 0 Å². The third-order valence-electron chi connectivity index (χ3n) is 2.35. The van der Waals surface area contributed by atoms with Crippen LogP contribution in [0.5, 0.6) is 0 Å². The molecule has 0 spiro atoms. The normalized spacial score (nSPS) is 10.5. The zero-order chi connectivity index (χ0) is 10.8. The SMILES string of the molecule is CSc1ccc(-c2c(N)n[nH]c2C)cc1. The maximum atomic E-state index is 5.80. The summed E-state index contributed by atoms with van der Waals surface area (Å²) in [6.45, 7) is 1.97. The molecular weight excluding hydrogens is 206 g/mol. The first-order chi connectivity index (χ1) is 7.22. The molecule has 0 amide bonds. The standard InChI is InChI=1S/C11H13N3S/c1-7-10(11(12)14-13-7)8-3-5-9(15-2)6-4-8/h3-6H,1-2H3,(H3,12,13,14). The van der Waals surface area contributed by atoms with Crippen molar-refractivity contribution in [3.05, 3.63) is 30.0 Å². The van der Waals surface area contributed by atoms with Crippen LogP contribution in [0.25, 0.3) is 11.1 Å². The number of nitrogen functional groups attached to an aromatic ring is 1. The van der Waals surface area contributed by atoms with Gasteiger partial charge in [0.2, 0.25) is 0 Å². The lowest BCUT2D eigenvalue weighted by atomic mass is 10.1. The average Bonchev–Trinajstić information content (AvgIpc) is 2.59. The molecule has 1 aromatic heterocycles. The second-order valence-electron chi connectivity index (χ2n) is 3.34. The van der Waals surface area contributed by atoms with Gasteiger partial charge >= 0.3 is 0 Å². The zero-order valence-electron chi connectivity index (χ0n) is 8.74. The van der Waals surface area contributed by atoms with E-state index in [9.17, 15) is 0 Å². The lowest BCUT2D eigenvalue weighted by Crippen LogP contribution is -1.88. The summed E-state index contributed by atoms with van der Waals surface area (Å²) < 4.78 is 0. The molecule has 0 atom stereocenters. The number of nitrogens with two attached hydrogens (primary N) is 1. The molecule has 2 rings (SSSR count). The summed E-state index contributed by atoms with van der Waals surface area (Å²) >= 11 is 1.73. The van der Waals surface area contributed by atoms with E-state index >= 15 is 0 Å². The number of hydrogen-bond acceptors (Lipinski definition) is 3. The molecule has 78 valence electrons. The van der Waals surface area contributed by atoms with E-state index < -0.39 is 0 Å². The summed E-state index contributed by atoms with van der Waals surface area (Å²) in [6, 6.07) is 8.32. The number of nitrogens with one attached hydrogen (secondary N) is 1. The van der Waals surface area contributed by atoms with E-state index in [2.05, 4.69) is 40.7 Å². The highest BCUT2D eigenvalue weighted by molar-refractivity contribution is 7.98. The smallest absolute Gasteiger partial charge is 0.153 e. The van der Waals surface area contributed by atoms with Crippen LogP contribution >= 0.6 is 11.8 Å². The van der Waals surface area contributed by atoms with E-state index in [1.54, 1.807) is 11.8 Å². The molecule has 3 nitrogen and oxygen atoms in total. The van der Waals surface area contributed by atoms with Gasteiger partial charge in [0.05, 0.1) is 0 Å². The van der Waals surface area contributed by atoms with E-state index in [0.717, 1.165) is 16.8 Å². The predicted octanol–water partition coefficient (Wildman–Crippen LogP) is 2.69. The molecule has 2 aromatic rings. The first-order valence-corrected chi connectivity index (χ1v) is 5.89. The highest BCUT2D eigenvalue weighted by Gasteiger charge is 2.08. The minimum Gasteiger partial charge on any atom is -0.382 e. The molecule has 0 unspecified atom stereocenters. The van der Waals surface area contributed by atoms with Gasteiger partial charge < -0.3 is 5.73 Å². The summed E-state index contributed by atoms with van der Waals surface area (Å²) in [7, 11) is 0.